The van der Waals surface area contributed by atoms with E-state index in [9.17, 15) is 5.11 Å². The highest BCUT2D eigenvalue weighted by Crippen LogP contribution is 2.28. The van der Waals surface area contributed by atoms with Gasteiger partial charge in [-0.15, -0.1) is 0 Å². The zero-order chi connectivity index (χ0) is 12.9. The first-order valence-corrected chi connectivity index (χ1v) is 6.34. The van der Waals surface area contributed by atoms with Crippen LogP contribution in [0, 0.1) is 5.41 Å². The highest BCUT2D eigenvalue weighted by atomic mass is 35.5. The summed E-state index contributed by atoms with van der Waals surface area (Å²) >= 11 is 5.84. The standard InChI is InChI=1S/C13H21ClN2O/c1-3-13(4-2,9-17)8-16-12-6-5-10(14)7-11(12)15/h5-7,16-17H,3-4,8-9,15H2,1-2H3. The predicted molar refractivity (Wildman–Crippen MR) is 74.5 cm³/mol. The van der Waals surface area contributed by atoms with Gasteiger partial charge in [0.05, 0.1) is 18.0 Å². The second-order valence-electron chi connectivity index (χ2n) is 4.45. The molecule has 0 spiro atoms. The first-order valence-electron chi connectivity index (χ1n) is 5.96. The van der Waals surface area contributed by atoms with Crippen LogP contribution < -0.4 is 11.1 Å². The third-order valence-corrected chi connectivity index (χ3v) is 3.74. The molecule has 0 radical (unpaired) electrons. The Hall–Kier alpha value is -0.930. The smallest absolute Gasteiger partial charge is 0.0575 e. The molecule has 0 atom stereocenters. The number of nitrogens with two attached hydrogens (primary N) is 1. The van der Waals surface area contributed by atoms with E-state index in [1.165, 1.54) is 0 Å². The van der Waals surface area contributed by atoms with E-state index < -0.39 is 0 Å². The Morgan fingerprint density at radius 3 is 2.47 bits per heavy atom. The Morgan fingerprint density at radius 2 is 2.00 bits per heavy atom. The van der Waals surface area contributed by atoms with Crippen molar-refractivity contribution < 1.29 is 5.11 Å². The lowest BCUT2D eigenvalue weighted by Crippen LogP contribution is -2.32. The molecule has 0 amide bonds. The molecule has 96 valence electrons. The number of anilines is 2. The topological polar surface area (TPSA) is 58.3 Å². The van der Waals surface area contributed by atoms with E-state index >= 15 is 0 Å². The number of nitrogens with one attached hydrogen (secondary N) is 1. The third-order valence-electron chi connectivity index (χ3n) is 3.50. The van der Waals surface area contributed by atoms with Gasteiger partial charge in [0.25, 0.3) is 0 Å². The van der Waals surface area contributed by atoms with Crippen LogP contribution in [0.3, 0.4) is 0 Å². The minimum atomic E-state index is -0.0773. The number of hydrogen-bond acceptors (Lipinski definition) is 3. The van der Waals surface area contributed by atoms with Gasteiger partial charge in [-0.05, 0) is 31.0 Å². The molecule has 1 aromatic rings. The molecule has 0 aliphatic heterocycles. The Labute approximate surface area is 108 Å². The van der Waals surface area contributed by atoms with Crippen molar-refractivity contribution in [3.63, 3.8) is 0 Å². The highest BCUT2D eigenvalue weighted by Gasteiger charge is 2.25. The van der Waals surface area contributed by atoms with Gasteiger partial charge in [-0.2, -0.15) is 0 Å². The van der Waals surface area contributed by atoms with Gasteiger partial charge < -0.3 is 16.2 Å². The molecular weight excluding hydrogens is 236 g/mol. The van der Waals surface area contributed by atoms with Crippen molar-refractivity contribution in [1.82, 2.24) is 0 Å². The normalized spacial score (nSPS) is 11.5. The van der Waals surface area contributed by atoms with Gasteiger partial charge in [-0.25, -0.2) is 0 Å². The van der Waals surface area contributed by atoms with Gasteiger partial charge in [0, 0.05) is 17.0 Å². The van der Waals surface area contributed by atoms with Crippen LogP contribution in [-0.4, -0.2) is 18.3 Å². The largest absolute Gasteiger partial charge is 0.397 e. The Balaban J connectivity index is 2.72. The average molecular weight is 257 g/mol. The molecule has 4 heteroatoms. The van der Waals surface area contributed by atoms with Crippen molar-refractivity contribution in [1.29, 1.82) is 0 Å². The Bertz CT molecular complexity index is 356. The monoisotopic (exact) mass is 256 g/mol. The second-order valence-corrected chi connectivity index (χ2v) is 4.89. The lowest BCUT2D eigenvalue weighted by Gasteiger charge is -2.30. The molecule has 0 aliphatic carbocycles. The number of nitrogen functional groups attached to an aromatic ring is 1. The molecule has 0 fully saturated rings. The molecule has 0 saturated carbocycles. The van der Waals surface area contributed by atoms with Crippen LogP contribution >= 0.6 is 11.6 Å². The summed E-state index contributed by atoms with van der Waals surface area (Å²) in [5, 5.41) is 13.4. The fourth-order valence-corrected chi connectivity index (χ4v) is 1.94. The minimum absolute atomic E-state index is 0.0773. The van der Waals surface area contributed by atoms with Crippen LogP contribution in [-0.2, 0) is 0 Å². The SMILES string of the molecule is CCC(CC)(CO)CNc1ccc(Cl)cc1N. The van der Waals surface area contributed by atoms with Crippen LogP contribution in [0.2, 0.25) is 5.02 Å². The van der Waals surface area contributed by atoms with Gasteiger partial charge in [-0.1, -0.05) is 25.4 Å². The van der Waals surface area contributed by atoms with E-state index in [1.807, 2.05) is 6.07 Å². The van der Waals surface area contributed by atoms with Gasteiger partial charge in [-0.3, -0.25) is 0 Å². The molecule has 0 heterocycles. The number of aliphatic hydroxyl groups excluding tert-OH is 1. The lowest BCUT2D eigenvalue weighted by atomic mass is 9.83. The van der Waals surface area contributed by atoms with Gasteiger partial charge in [0.2, 0.25) is 0 Å². The number of benzene rings is 1. The Morgan fingerprint density at radius 1 is 1.35 bits per heavy atom. The summed E-state index contributed by atoms with van der Waals surface area (Å²) in [7, 11) is 0. The van der Waals surface area contributed by atoms with E-state index in [-0.39, 0.29) is 12.0 Å². The van der Waals surface area contributed by atoms with Crippen molar-refractivity contribution in [3.8, 4) is 0 Å². The first kappa shape index (κ1) is 14.1. The fourth-order valence-electron chi connectivity index (χ4n) is 1.76. The lowest BCUT2D eigenvalue weighted by molar-refractivity contribution is 0.127. The second kappa shape index (κ2) is 6.12. The molecule has 17 heavy (non-hydrogen) atoms. The van der Waals surface area contributed by atoms with Crippen molar-refractivity contribution >= 4 is 23.0 Å². The van der Waals surface area contributed by atoms with Crippen molar-refractivity contribution in [3.05, 3.63) is 23.2 Å². The van der Waals surface area contributed by atoms with Gasteiger partial charge in [0.1, 0.15) is 0 Å². The molecule has 0 unspecified atom stereocenters. The maximum absolute atomic E-state index is 9.48. The van der Waals surface area contributed by atoms with Crippen LogP contribution in [0.25, 0.3) is 0 Å². The molecule has 0 bridgehead atoms. The van der Waals surface area contributed by atoms with Crippen LogP contribution in [0.4, 0.5) is 11.4 Å². The van der Waals surface area contributed by atoms with Crippen molar-refractivity contribution in [2.75, 3.05) is 24.2 Å². The summed E-state index contributed by atoms with van der Waals surface area (Å²) in [6.45, 7) is 5.07. The van der Waals surface area contributed by atoms with E-state index in [4.69, 9.17) is 17.3 Å². The highest BCUT2D eigenvalue weighted by molar-refractivity contribution is 6.31. The Kier molecular flexibility index (Phi) is 5.09. The first-order chi connectivity index (χ1) is 8.06. The number of halogens is 1. The zero-order valence-corrected chi connectivity index (χ0v) is 11.2. The number of rotatable bonds is 6. The van der Waals surface area contributed by atoms with Crippen molar-refractivity contribution in [2.45, 2.75) is 26.7 Å². The molecule has 1 aromatic carbocycles. The summed E-state index contributed by atoms with van der Waals surface area (Å²) in [4.78, 5) is 0. The van der Waals surface area contributed by atoms with Crippen LogP contribution in [0.1, 0.15) is 26.7 Å². The maximum atomic E-state index is 9.48. The summed E-state index contributed by atoms with van der Waals surface area (Å²) in [6, 6.07) is 5.40. The molecular formula is C13H21ClN2O. The van der Waals surface area contributed by atoms with E-state index in [1.54, 1.807) is 12.1 Å². The molecule has 3 nitrogen and oxygen atoms in total. The summed E-state index contributed by atoms with van der Waals surface area (Å²) < 4.78 is 0. The molecule has 1 rings (SSSR count). The van der Waals surface area contributed by atoms with Crippen LogP contribution in [0.5, 0.6) is 0 Å². The molecule has 0 aliphatic rings. The minimum Gasteiger partial charge on any atom is -0.397 e. The third kappa shape index (κ3) is 3.51. The number of aliphatic hydroxyl groups is 1. The van der Waals surface area contributed by atoms with Gasteiger partial charge >= 0.3 is 0 Å². The van der Waals surface area contributed by atoms with E-state index in [2.05, 4.69) is 19.2 Å². The maximum Gasteiger partial charge on any atom is 0.0575 e. The molecule has 0 saturated heterocycles. The van der Waals surface area contributed by atoms with Gasteiger partial charge in [0.15, 0.2) is 0 Å². The van der Waals surface area contributed by atoms with E-state index in [0.717, 1.165) is 18.5 Å². The van der Waals surface area contributed by atoms with Crippen LogP contribution in [0.15, 0.2) is 18.2 Å². The zero-order valence-electron chi connectivity index (χ0n) is 10.5. The van der Waals surface area contributed by atoms with E-state index in [0.29, 0.717) is 17.3 Å². The van der Waals surface area contributed by atoms with Crippen molar-refractivity contribution in [2.24, 2.45) is 5.41 Å². The predicted octanol–water partition coefficient (Wildman–Crippen LogP) is 3.13. The summed E-state index contributed by atoms with van der Waals surface area (Å²) in [5.74, 6) is 0. The molecule has 0 aromatic heterocycles. The average Bonchev–Trinajstić information content (AvgIpc) is 2.33. The summed E-state index contributed by atoms with van der Waals surface area (Å²) in [5.41, 5.74) is 7.29. The number of hydrogen-bond donors (Lipinski definition) is 3. The summed E-state index contributed by atoms with van der Waals surface area (Å²) in [6.07, 6.45) is 1.86. The quantitative estimate of drug-likeness (QED) is 0.686. The molecule has 4 N–H and O–H groups in total. The fraction of sp³-hybridized carbons (Fsp3) is 0.538.